The number of hydrogen-bond acceptors (Lipinski definition) is 2. The summed E-state index contributed by atoms with van der Waals surface area (Å²) in [5.74, 6) is -0.520. The highest BCUT2D eigenvalue weighted by Gasteiger charge is 2.27. The fourth-order valence-corrected chi connectivity index (χ4v) is 1.36. The van der Waals surface area contributed by atoms with Gasteiger partial charge in [-0.25, -0.2) is 4.39 Å². The van der Waals surface area contributed by atoms with Crippen molar-refractivity contribution in [2.45, 2.75) is 25.6 Å². The van der Waals surface area contributed by atoms with Crippen molar-refractivity contribution in [1.82, 2.24) is 0 Å². The minimum Gasteiger partial charge on any atom is -0.493 e. The number of alkyl halides is 3. The van der Waals surface area contributed by atoms with Crippen LogP contribution in [0.4, 0.5) is 17.6 Å². The maximum absolute atomic E-state index is 13.4. The maximum atomic E-state index is 13.4. The van der Waals surface area contributed by atoms with Crippen LogP contribution in [-0.4, -0.2) is 12.8 Å². The fourth-order valence-electron chi connectivity index (χ4n) is 1.36. The number of nitrogens with two attached hydrogens (primary N) is 1. The first-order chi connectivity index (χ1) is 7.81. The summed E-state index contributed by atoms with van der Waals surface area (Å²) in [5, 5.41) is 0. The molecule has 2 nitrogen and oxygen atoms in total. The highest BCUT2D eigenvalue weighted by atomic mass is 19.4. The fraction of sp³-hybridized carbons (Fsp3) is 0.455. The minimum absolute atomic E-state index is 0.0595. The summed E-state index contributed by atoms with van der Waals surface area (Å²) in [6.07, 6.45) is -5.37. The van der Waals surface area contributed by atoms with Crippen molar-refractivity contribution in [3.05, 3.63) is 29.6 Å². The first-order valence-corrected chi connectivity index (χ1v) is 5.05. The second kappa shape index (κ2) is 5.35. The Bertz CT molecular complexity index is 376. The molecule has 0 fully saturated rings. The van der Waals surface area contributed by atoms with E-state index in [1.807, 2.05) is 0 Å². The summed E-state index contributed by atoms with van der Waals surface area (Å²) < 4.78 is 54.0. The lowest BCUT2D eigenvalue weighted by atomic mass is 10.1. The van der Waals surface area contributed by atoms with E-state index in [2.05, 4.69) is 0 Å². The molecular weight excluding hydrogens is 238 g/mol. The Kier molecular flexibility index (Phi) is 4.34. The largest absolute Gasteiger partial charge is 0.493 e. The lowest BCUT2D eigenvalue weighted by Crippen LogP contribution is -2.15. The molecule has 1 rings (SSSR count). The van der Waals surface area contributed by atoms with Crippen molar-refractivity contribution in [3.8, 4) is 5.75 Å². The Morgan fingerprint density at radius 2 is 2.00 bits per heavy atom. The average molecular weight is 251 g/mol. The van der Waals surface area contributed by atoms with Crippen LogP contribution in [0.25, 0.3) is 0 Å². The van der Waals surface area contributed by atoms with Crippen molar-refractivity contribution in [2.24, 2.45) is 5.73 Å². The van der Waals surface area contributed by atoms with Gasteiger partial charge in [-0.2, -0.15) is 13.2 Å². The van der Waals surface area contributed by atoms with Gasteiger partial charge in [0.05, 0.1) is 13.0 Å². The van der Waals surface area contributed by atoms with E-state index < -0.39 is 31.1 Å². The molecule has 0 amide bonds. The van der Waals surface area contributed by atoms with Gasteiger partial charge in [0.2, 0.25) is 0 Å². The van der Waals surface area contributed by atoms with E-state index in [1.165, 1.54) is 25.1 Å². The molecule has 0 saturated heterocycles. The Morgan fingerprint density at radius 1 is 1.35 bits per heavy atom. The summed E-state index contributed by atoms with van der Waals surface area (Å²) in [5.41, 5.74) is 5.62. The predicted molar refractivity (Wildman–Crippen MR) is 55.2 cm³/mol. The van der Waals surface area contributed by atoms with Gasteiger partial charge in [0.1, 0.15) is 11.6 Å². The highest BCUT2D eigenvalue weighted by molar-refractivity contribution is 5.36. The number of hydrogen-bond donors (Lipinski definition) is 1. The molecule has 96 valence electrons. The summed E-state index contributed by atoms with van der Waals surface area (Å²) in [6, 6.07) is 3.31. The molecule has 0 bridgehead atoms. The van der Waals surface area contributed by atoms with Crippen molar-refractivity contribution in [2.75, 3.05) is 6.61 Å². The second-order valence-electron chi connectivity index (χ2n) is 3.65. The van der Waals surface area contributed by atoms with E-state index in [1.54, 1.807) is 0 Å². The van der Waals surface area contributed by atoms with Crippen LogP contribution in [-0.2, 0) is 0 Å². The molecule has 0 aromatic heterocycles. The van der Waals surface area contributed by atoms with Crippen LogP contribution in [0.2, 0.25) is 0 Å². The molecular formula is C11H13F4NO. The van der Waals surface area contributed by atoms with Crippen LogP contribution in [0.3, 0.4) is 0 Å². The second-order valence-corrected chi connectivity index (χ2v) is 3.65. The standard InChI is InChI=1S/C11H13F4NO/c1-7(16)10-8(12)3-2-4-9(10)17-6-5-11(13,14)15/h2-4,7H,5-6,16H2,1H3/t7-/m0/s1. The molecule has 0 saturated carbocycles. The van der Waals surface area contributed by atoms with Gasteiger partial charge in [0.25, 0.3) is 0 Å². The van der Waals surface area contributed by atoms with Crippen molar-refractivity contribution in [1.29, 1.82) is 0 Å². The molecule has 1 atom stereocenters. The first kappa shape index (κ1) is 13.8. The normalized spacial score (nSPS) is 13.5. The molecule has 17 heavy (non-hydrogen) atoms. The molecule has 0 aliphatic rings. The lowest BCUT2D eigenvalue weighted by molar-refractivity contribution is -0.139. The van der Waals surface area contributed by atoms with Gasteiger partial charge in [-0.1, -0.05) is 6.07 Å². The molecule has 0 spiro atoms. The third-order valence-electron chi connectivity index (χ3n) is 2.11. The third-order valence-corrected chi connectivity index (χ3v) is 2.11. The van der Waals surface area contributed by atoms with Gasteiger partial charge in [-0.15, -0.1) is 0 Å². The number of ether oxygens (including phenoxy) is 1. The summed E-state index contributed by atoms with van der Waals surface area (Å²) in [6.45, 7) is 0.988. The average Bonchev–Trinajstić information content (AvgIpc) is 2.14. The van der Waals surface area contributed by atoms with Crippen molar-refractivity contribution < 1.29 is 22.3 Å². The summed E-state index contributed by atoms with van der Waals surface area (Å²) in [4.78, 5) is 0. The molecule has 0 aliphatic heterocycles. The van der Waals surface area contributed by atoms with Crippen molar-refractivity contribution in [3.63, 3.8) is 0 Å². The van der Waals surface area contributed by atoms with Gasteiger partial charge < -0.3 is 10.5 Å². The number of rotatable bonds is 4. The van der Waals surface area contributed by atoms with Crippen LogP contribution >= 0.6 is 0 Å². The van der Waals surface area contributed by atoms with E-state index in [0.29, 0.717) is 0 Å². The van der Waals surface area contributed by atoms with Crippen LogP contribution < -0.4 is 10.5 Å². The van der Waals surface area contributed by atoms with Crippen LogP contribution in [0.15, 0.2) is 18.2 Å². The van der Waals surface area contributed by atoms with Crippen LogP contribution in [0.5, 0.6) is 5.75 Å². The Hall–Kier alpha value is -1.30. The first-order valence-electron chi connectivity index (χ1n) is 5.05. The lowest BCUT2D eigenvalue weighted by Gasteiger charge is -2.15. The highest BCUT2D eigenvalue weighted by Crippen LogP contribution is 2.27. The molecule has 0 heterocycles. The topological polar surface area (TPSA) is 35.2 Å². The van der Waals surface area contributed by atoms with Crippen molar-refractivity contribution >= 4 is 0 Å². The Balaban J connectivity index is 2.74. The quantitative estimate of drug-likeness (QED) is 0.834. The maximum Gasteiger partial charge on any atom is 0.392 e. The van der Waals surface area contributed by atoms with Gasteiger partial charge in [0, 0.05) is 11.6 Å². The van der Waals surface area contributed by atoms with E-state index in [-0.39, 0.29) is 11.3 Å². The zero-order chi connectivity index (χ0) is 13.1. The van der Waals surface area contributed by atoms with E-state index >= 15 is 0 Å². The predicted octanol–water partition coefficient (Wildman–Crippen LogP) is 3.18. The SMILES string of the molecule is C[C@H](N)c1c(F)cccc1OCCC(F)(F)F. The van der Waals surface area contributed by atoms with Crippen LogP contribution in [0, 0.1) is 5.82 Å². The molecule has 0 radical (unpaired) electrons. The van der Waals surface area contributed by atoms with Gasteiger partial charge >= 0.3 is 6.18 Å². The molecule has 2 N–H and O–H groups in total. The number of benzene rings is 1. The zero-order valence-electron chi connectivity index (χ0n) is 9.22. The molecule has 1 aromatic carbocycles. The molecule has 1 aromatic rings. The van der Waals surface area contributed by atoms with Gasteiger partial charge in [-0.3, -0.25) is 0 Å². The zero-order valence-corrected chi connectivity index (χ0v) is 9.22. The van der Waals surface area contributed by atoms with E-state index in [9.17, 15) is 17.6 Å². The summed E-state index contributed by atoms with van der Waals surface area (Å²) in [7, 11) is 0. The number of halogens is 4. The van der Waals surface area contributed by atoms with Gasteiger partial charge in [-0.05, 0) is 19.1 Å². The minimum atomic E-state index is -4.29. The van der Waals surface area contributed by atoms with E-state index in [4.69, 9.17) is 10.5 Å². The third kappa shape index (κ3) is 4.22. The summed E-state index contributed by atoms with van der Waals surface area (Å²) >= 11 is 0. The Morgan fingerprint density at radius 3 is 2.53 bits per heavy atom. The van der Waals surface area contributed by atoms with Gasteiger partial charge in [0.15, 0.2) is 0 Å². The Labute approximate surface area is 96.4 Å². The molecule has 0 unspecified atom stereocenters. The van der Waals surface area contributed by atoms with E-state index in [0.717, 1.165) is 0 Å². The van der Waals surface area contributed by atoms with Crippen LogP contribution in [0.1, 0.15) is 24.9 Å². The monoisotopic (exact) mass is 251 g/mol. The molecule has 0 aliphatic carbocycles. The molecule has 6 heteroatoms. The smallest absolute Gasteiger partial charge is 0.392 e.